The largest absolute Gasteiger partial charge is 0.385 e. The molecule has 2 heterocycles. The number of rotatable bonds is 4. The van der Waals surface area contributed by atoms with Crippen molar-refractivity contribution >= 4 is 29.1 Å². The number of amides is 1. The molecule has 0 unspecified atom stereocenters. The molecular formula is C29H24Cl2N4O2. The molecule has 1 N–H and O–H groups in total. The summed E-state index contributed by atoms with van der Waals surface area (Å²) in [7, 11) is 0. The number of aromatic nitrogens is 2. The van der Waals surface area contributed by atoms with E-state index in [4.69, 9.17) is 28.3 Å². The first-order valence-corrected chi connectivity index (χ1v) is 12.7. The monoisotopic (exact) mass is 530 g/mol. The molecule has 0 atom stereocenters. The Balaban J connectivity index is 1.51. The molecule has 6 nitrogen and oxygen atoms in total. The van der Waals surface area contributed by atoms with Crippen LogP contribution in [0.15, 0.2) is 72.8 Å². The molecular weight excluding hydrogens is 507 g/mol. The molecule has 37 heavy (non-hydrogen) atoms. The average Bonchev–Trinajstić information content (AvgIpc) is 3.25. The minimum absolute atomic E-state index is 0.202. The van der Waals surface area contributed by atoms with Crippen LogP contribution >= 0.6 is 23.2 Å². The van der Waals surface area contributed by atoms with E-state index in [9.17, 15) is 15.2 Å². The Bertz CT molecular complexity index is 1500. The van der Waals surface area contributed by atoms with Crippen LogP contribution in [-0.2, 0) is 5.60 Å². The number of nitrogens with zero attached hydrogens (tertiary/aromatic N) is 4. The molecule has 0 bridgehead atoms. The Kier molecular flexibility index (Phi) is 6.78. The van der Waals surface area contributed by atoms with Gasteiger partial charge in [-0.3, -0.25) is 4.79 Å². The number of hydrogen-bond donors (Lipinski definition) is 1. The Morgan fingerprint density at radius 1 is 1.03 bits per heavy atom. The van der Waals surface area contributed by atoms with Crippen LogP contribution in [-0.4, -0.2) is 38.8 Å². The average molecular weight is 531 g/mol. The molecule has 5 rings (SSSR count). The molecule has 3 aromatic carbocycles. The van der Waals surface area contributed by atoms with Gasteiger partial charge in [0, 0.05) is 29.2 Å². The molecule has 0 spiro atoms. The fourth-order valence-corrected chi connectivity index (χ4v) is 5.32. The second kappa shape index (κ2) is 10.0. The van der Waals surface area contributed by atoms with Gasteiger partial charge in [-0.05, 0) is 55.7 Å². The lowest BCUT2D eigenvalue weighted by Crippen LogP contribution is -2.45. The second-order valence-electron chi connectivity index (χ2n) is 9.21. The zero-order valence-corrected chi connectivity index (χ0v) is 21.7. The third kappa shape index (κ3) is 4.74. The van der Waals surface area contributed by atoms with Crippen LogP contribution in [0.4, 0.5) is 0 Å². The summed E-state index contributed by atoms with van der Waals surface area (Å²) in [4.78, 5) is 15.4. The summed E-state index contributed by atoms with van der Waals surface area (Å²) in [5, 5.41) is 26.0. The van der Waals surface area contributed by atoms with Crippen LogP contribution in [0.25, 0.3) is 16.9 Å². The summed E-state index contributed by atoms with van der Waals surface area (Å²) in [6.07, 6.45) is 0.877. The molecule has 4 aromatic rings. The SMILES string of the molecule is Cc1c(C(=O)N2CCC(O)(c3ccccc3)CC2)nn(-c2ccc(Cl)cc2Cl)c1-c1ccc(C#N)cc1. The van der Waals surface area contributed by atoms with Gasteiger partial charge in [0.1, 0.15) is 0 Å². The van der Waals surface area contributed by atoms with E-state index in [0.29, 0.717) is 64.2 Å². The summed E-state index contributed by atoms with van der Waals surface area (Å²) < 4.78 is 1.66. The predicted octanol–water partition coefficient (Wildman–Crippen LogP) is 6.15. The van der Waals surface area contributed by atoms with E-state index in [1.807, 2.05) is 49.4 Å². The lowest BCUT2D eigenvalue weighted by atomic mass is 9.84. The van der Waals surface area contributed by atoms with Gasteiger partial charge < -0.3 is 10.0 Å². The highest BCUT2D eigenvalue weighted by Crippen LogP contribution is 2.36. The quantitative estimate of drug-likeness (QED) is 0.343. The maximum absolute atomic E-state index is 13.7. The number of piperidine rings is 1. The number of halogens is 2. The van der Waals surface area contributed by atoms with Crippen molar-refractivity contribution in [3.8, 4) is 23.0 Å². The number of carbonyl (C=O) groups is 1. The van der Waals surface area contributed by atoms with Crippen LogP contribution in [0.3, 0.4) is 0 Å². The van der Waals surface area contributed by atoms with E-state index in [0.717, 1.165) is 11.1 Å². The van der Waals surface area contributed by atoms with Crippen molar-refractivity contribution in [2.45, 2.75) is 25.4 Å². The van der Waals surface area contributed by atoms with Gasteiger partial charge in [-0.1, -0.05) is 65.7 Å². The lowest BCUT2D eigenvalue weighted by Gasteiger charge is -2.38. The number of hydrogen-bond acceptors (Lipinski definition) is 4. The number of nitriles is 1. The van der Waals surface area contributed by atoms with Gasteiger partial charge in [0.25, 0.3) is 5.91 Å². The summed E-state index contributed by atoms with van der Waals surface area (Å²) in [6.45, 7) is 2.67. The lowest BCUT2D eigenvalue weighted by molar-refractivity contribution is -0.0212. The van der Waals surface area contributed by atoms with Crippen LogP contribution in [0.1, 0.15) is 40.0 Å². The topological polar surface area (TPSA) is 82.2 Å². The first-order chi connectivity index (χ1) is 17.8. The summed E-state index contributed by atoms with van der Waals surface area (Å²) in [5.74, 6) is -0.202. The highest BCUT2D eigenvalue weighted by Gasteiger charge is 2.37. The van der Waals surface area contributed by atoms with Crippen LogP contribution in [0.2, 0.25) is 10.0 Å². The van der Waals surface area contributed by atoms with Crippen LogP contribution < -0.4 is 0 Å². The van der Waals surface area contributed by atoms with Gasteiger partial charge in [0.15, 0.2) is 5.69 Å². The van der Waals surface area contributed by atoms with Crippen molar-refractivity contribution in [1.82, 2.24) is 14.7 Å². The van der Waals surface area contributed by atoms with E-state index < -0.39 is 5.60 Å². The smallest absolute Gasteiger partial charge is 0.274 e. The van der Waals surface area contributed by atoms with Crippen molar-refractivity contribution < 1.29 is 9.90 Å². The van der Waals surface area contributed by atoms with E-state index in [2.05, 4.69) is 6.07 Å². The maximum atomic E-state index is 13.7. The van der Waals surface area contributed by atoms with Gasteiger partial charge in [0.2, 0.25) is 0 Å². The summed E-state index contributed by atoms with van der Waals surface area (Å²) in [6, 6.07) is 23.9. The highest BCUT2D eigenvalue weighted by molar-refractivity contribution is 6.35. The van der Waals surface area contributed by atoms with Crippen molar-refractivity contribution in [2.24, 2.45) is 0 Å². The molecule has 1 fully saturated rings. The van der Waals surface area contributed by atoms with E-state index in [-0.39, 0.29) is 5.91 Å². The molecule has 1 aromatic heterocycles. The predicted molar refractivity (Wildman–Crippen MR) is 144 cm³/mol. The molecule has 1 saturated heterocycles. The van der Waals surface area contributed by atoms with E-state index in [1.54, 1.807) is 39.9 Å². The molecule has 1 amide bonds. The molecule has 1 aliphatic heterocycles. The zero-order chi connectivity index (χ0) is 26.2. The minimum Gasteiger partial charge on any atom is -0.385 e. The van der Waals surface area contributed by atoms with E-state index in [1.165, 1.54) is 0 Å². The van der Waals surface area contributed by atoms with Gasteiger partial charge >= 0.3 is 0 Å². The maximum Gasteiger partial charge on any atom is 0.274 e. The first kappa shape index (κ1) is 25.0. The molecule has 0 radical (unpaired) electrons. The van der Waals surface area contributed by atoms with Crippen molar-refractivity contribution in [3.63, 3.8) is 0 Å². The number of aliphatic hydroxyl groups is 1. The number of likely N-dealkylation sites (tertiary alicyclic amines) is 1. The van der Waals surface area contributed by atoms with Gasteiger partial charge in [0.05, 0.1) is 33.6 Å². The fraction of sp³-hybridized carbons (Fsp3) is 0.207. The molecule has 8 heteroatoms. The van der Waals surface area contributed by atoms with Crippen LogP contribution in [0, 0.1) is 18.3 Å². The normalized spacial score (nSPS) is 14.8. The first-order valence-electron chi connectivity index (χ1n) is 11.9. The number of carbonyl (C=O) groups excluding carboxylic acids is 1. The van der Waals surface area contributed by atoms with Crippen molar-refractivity contribution in [1.29, 1.82) is 5.26 Å². The molecule has 186 valence electrons. The number of benzene rings is 3. The zero-order valence-electron chi connectivity index (χ0n) is 20.2. The molecule has 0 aliphatic carbocycles. The van der Waals surface area contributed by atoms with Crippen LogP contribution in [0.5, 0.6) is 0 Å². The van der Waals surface area contributed by atoms with Crippen molar-refractivity contribution in [3.05, 3.63) is 105 Å². The Morgan fingerprint density at radius 3 is 2.32 bits per heavy atom. The standard InChI is InChI=1S/C29H24Cl2N4O2/c1-19-26(28(36)34-15-13-29(37,14-16-34)22-5-3-2-4-6-22)33-35(25-12-11-23(30)17-24(25)31)27(19)21-9-7-20(18-32)8-10-21/h2-12,17,37H,13-16H2,1H3. The van der Waals surface area contributed by atoms with Crippen molar-refractivity contribution in [2.75, 3.05) is 13.1 Å². The summed E-state index contributed by atoms with van der Waals surface area (Å²) >= 11 is 12.7. The van der Waals surface area contributed by atoms with Gasteiger partial charge in [-0.15, -0.1) is 0 Å². The second-order valence-corrected chi connectivity index (χ2v) is 10.1. The fourth-order valence-electron chi connectivity index (χ4n) is 4.83. The molecule has 1 aliphatic rings. The van der Waals surface area contributed by atoms with Gasteiger partial charge in [-0.25, -0.2) is 4.68 Å². The van der Waals surface area contributed by atoms with Gasteiger partial charge in [-0.2, -0.15) is 10.4 Å². The Labute approximate surface area is 225 Å². The van der Waals surface area contributed by atoms with E-state index >= 15 is 0 Å². The highest BCUT2D eigenvalue weighted by atomic mass is 35.5. The Hall–Kier alpha value is -3.63. The third-order valence-corrected chi connectivity index (χ3v) is 7.48. The molecule has 0 saturated carbocycles. The summed E-state index contributed by atoms with van der Waals surface area (Å²) in [5.41, 5.74) is 3.54. The minimum atomic E-state index is -0.961. The third-order valence-electron chi connectivity index (χ3n) is 6.94. The Morgan fingerprint density at radius 2 is 1.70 bits per heavy atom.